The second-order valence-corrected chi connectivity index (χ2v) is 18.0. The summed E-state index contributed by atoms with van der Waals surface area (Å²) >= 11 is 7.98. The summed E-state index contributed by atoms with van der Waals surface area (Å²) in [4.78, 5) is 76.7. The highest BCUT2D eigenvalue weighted by Gasteiger charge is 2.45. The van der Waals surface area contributed by atoms with E-state index < -0.39 is 35.7 Å². The molecule has 5 aliphatic rings. The van der Waals surface area contributed by atoms with Crippen LogP contribution in [0.3, 0.4) is 0 Å². The van der Waals surface area contributed by atoms with E-state index in [9.17, 15) is 24.0 Å². The summed E-state index contributed by atoms with van der Waals surface area (Å²) in [6.45, 7) is 10.3. The summed E-state index contributed by atoms with van der Waals surface area (Å²) in [6.07, 6.45) is 4.23. The zero-order valence-corrected chi connectivity index (χ0v) is 34.9. The standard InChI is InChI=1S/C43H46ClN9O5S/c1-23-24(2)59-43-37(23)38(27-6-8-28(44)9-7-27)46-33(39-49-48-25(3)52(39)43)20-36(55)51-17-14-26(15-18-51)21-50-16-4-5-30(22-50)45-29-10-11-31-32(19-29)42(58)53(41(31)57)34-12-13-35(54)47-40(34)56/h6-11,19,26,30,33-34,45H,4-5,12-18,20-22H2,1-3H3,(H,47,54,56)/t30-,33+,34?/m1/s1. The van der Waals surface area contributed by atoms with Gasteiger partial charge in [0.2, 0.25) is 17.7 Å². The molecule has 4 aromatic rings. The molecular formula is C43H46ClN9O5S. The molecule has 3 saturated heterocycles. The van der Waals surface area contributed by atoms with E-state index >= 15 is 0 Å². The Morgan fingerprint density at radius 1 is 0.932 bits per heavy atom. The minimum absolute atomic E-state index is 0.0648. The van der Waals surface area contributed by atoms with Crippen LogP contribution < -0.4 is 10.6 Å². The molecule has 59 heavy (non-hydrogen) atoms. The smallest absolute Gasteiger partial charge is 0.262 e. The second kappa shape index (κ2) is 15.7. The van der Waals surface area contributed by atoms with E-state index in [1.54, 1.807) is 23.5 Å². The van der Waals surface area contributed by atoms with Crippen LogP contribution in [0.5, 0.6) is 0 Å². The zero-order valence-electron chi connectivity index (χ0n) is 33.3. The molecule has 0 aliphatic carbocycles. The lowest BCUT2D eigenvalue weighted by molar-refractivity contribution is -0.136. The largest absolute Gasteiger partial charge is 0.381 e. The van der Waals surface area contributed by atoms with Gasteiger partial charge >= 0.3 is 0 Å². The lowest BCUT2D eigenvalue weighted by Gasteiger charge is -2.38. The van der Waals surface area contributed by atoms with Crippen LogP contribution >= 0.6 is 22.9 Å². The van der Waals surface area contributed by atoms with Crippen LogP contribution in [0.1, 0.15) is 105 Å². The highest BCUT2D eigenvalue weighted by atomic mass is 35.5. The van der Waals surface area contributed by atoms with E-state index in [4.69, 9.17) is 16.6 Å². The van der Waals surface area contributed by atoms with Crippen LogP contribution in [0.15, 0.2) is 47.5 Å². The molecule has 0 radical (unpaired) electrons. The average molecular weight is 836 g/mol. The molecule has 5 aliphatic heterocycles. The van der Waals surface area contributed by atoms with Gasteiger partial charge in [0.1, 0.15) is 22.9 Å². The first-order valence-electron chi connectivity index (χ1n) is 20.4. The summed E-state index contributed by atoms with van der Waals surface area (Å²) in [7, 11) is 0. The monoisotopic (exact) mass is 835 g/mol. The fourth-order valence-corrected chi connectivity index (χ4v) is 10.6. The van der Waals surface area contributed by atoms with E-state index in [-0.39, 0.29) is 42.3 Å². The van der Waals surface area contributed by atoms with E-state index in [0.29, 0.717) is 29.9 Å². The zero-order chi connectivity index (χ0) is 41.1. The maximum absolute atomic E-state index is 14.1. The normalized spacial score (nSPS) is 22.4. The summed E-state index contributed by atoms with van der Waals surface area (Å²) < 4.78 is 2.08. The molecule has 0 saturated carbocycles. The number of carbonyl (C=O) groups excluding carboxylic acids is 5. The number of anilines is 1. The van der Waals surface area contributed by atoms with Gasteiger partial charge in [-0.2, -0.15) is 0 Å². The number of hydrogen-bond acceptors (Lipinski definition) is 11. The number of nitrogens with one attached hydrogen (secondary N) is 2. The van der Waals surface area contributed by atoms with Gasteiger partial charge in [-0.1, -0.05) is 23.7 Å². The minimum Gasteiger partial charge on any atom is -0.381 e. The van der Waals surface area contributed by atoms with Crippen molar-refractivity contribution >= 4 is 63.9 Å². The van der Waals surface area contributed by atoms with Crippen molar-refractivity contribution in [3.63, 3.8) is 0 Å². The number of rotatable bonds is 8. The van der Waals surface area contributed by atoms with Crippen molar-refractivity contribution in [1.29, 1.82) is 0 Å². The third-order valence-electron chi connectivity index (χ3n) is 12.5. The molecule has 2 aromatic carbocycles. The Labute approximate surface area is 351 Å². The van der Waals surface area contributed by atoms with E-state index in [1.807, 2.05) is 42.2 Å². The Balaban J connectivity index is 0.820. The molecule has 2 N–H and O–H groups in total. The fraction of sp³-hybridized carbons (Fsp3) is 0.442. The molecule has 9 rings (SSSR count). The van der Waals surface area contributed by atoms with Crippen molar-refractivity contribution in [2.45, 2.75) is 83.8 Å². The highest BCUT2D eigenvalue weighted by Crippen LogP contribution is 2.40. The van der Waals surface area contributed by atoms with Gasteiger partial charge in [0.25, 0.3) is 11.8 Å². The average Bonchev–Trinajstić information content (AvgIpc) is 3.79. The number of aryl methyl sites for hydroxylation is 2. The summed E-state index contributed by atoms with van der Waals surface area (Å²) in [6, 6.07) is 11.5. The lowest BCUT2D eigenvalue weighted by atomic mass is 9.94. The number of fused-ring (bicyclic) bond motifs is 4. The first kappa shape index (κ1) is 39.2. The quantitative estimate of drug-likeness (QED) is 0.221. The molecule has 5 amide bonds. The van der Waals surface area contributed by atoms with Crippen molar-refractivity contribution in [3.05, 3.63) is 91.8 Å². The second-order valence-electron chi connectivity index (χ2n) is 16.4. The van der Waals surface area contributed by atoms with Gasteiger partial charge in [0.15, 0.2) is 5.82 Å². The maximum atomic E-state index is 14.1. The van der Waals surface area contributed by atoms with Crippen LogP contribution in [0.25, 0.3) is 5.00 Å². The van der Waals surface area contributed by atoms with Crippen LogP contribution in [0.2, 0.25) is 5.02 Å². The van der Waals surface area contributed by atoms with Crippen LogP contribution in [-0.4, -0.2) is 110 Å². The van der Waals surface area contributed by atoms with Gasteiger partial charge in [-0.05, 0) is 101 Å². The van der Waals surface area contributed by atoms with Gasteiger partial charge in [-0.3, -0.25) is 43.7 Å². The number of imide groups is 2. The van der Waals surface area contributed by atoms with Crippen molar-refractivity contribution in [2.24, 2.45) is 10.9 Å². The molecule has 3 atom stereocenters. The Morgan fingerprint density at radius 2 is 1.69 bits per heavy atom. The Bertz CT molecular complexity index is 2420. The van der Waals surface area contributed by atoms with Gasteiger partial charge in [0, 0.05) is 65.4 Å². The van der Waals surface area contributed by atoms with Crippen molar-refractivity contribution < 1.29 is 24.0 Å². The van der Waals surface area contributed by atoms with Crippen molar-refractivity contribution in [2.75, 3.05) is 38.0 Å². The van der Waals surface area contributed by atoms with Gasteiger partial charge < -0.3 is 15.1 Å². The number of piperidine rings is 3. The Morgan fingerprint density at radius 3 is 2.46 bits per heavy atom. The van der Waals surface area contributed by atoms with Crippen LogP contribution in [-0.2, 0) is 14.4 Å². The van der Waals surface area contributed by atoms with Crippen molar-refractivity contribution in [1.82, 2.24) is 34.8 Å². The summed E-state index contributed by atoms with van der Waals surface area (Å²) in [5, 5.41) is 16.5. The third-order valence-corrected chi connectivity index (χ3v) is 14.0. The number of aliphatic imine (C=N–C) groups is 1. The first-order valence-corrected chi connectivity index (χ1v) is 21.6. The molecule has 306 valence electrons. The van der Waals surface area contributed by atoms with E-state index in [2.05, 4.69) is 44.1 Å². The molecule has 2 aromatic heterocycles. The SMILES string of the molecule is Cc1sc2c(c1C)C(c1ccc(Cl)cc1)=N[C@@H](CC(=O)N1CCC(CN3CCC[C@@H](Nc4ccc5c(c4)C(=O)N(C4CCC(=O)NC4=O)C5=O)C3)CC1)c1nnc(C)n1-2. The number of aromatic nitrogens is 3. The molecule has 0 spiro atoms. The number of carbonyl (C=O) groups is 5. The summed E-state index contributed by atoms with van der Waals surface area (Å²) in [5.41, 5.74) is 5.27. The van der Waals surface area contributed by atoms with Crippen LogP contribution in [0, 0.1) is 26.7 Å². The molecule has 3 fully saturated rings. The molecule has 0 bridgehead atoms. The minimum atomic E-state index is -0.991. The molecule has 7 heterocycles. The molecule has 1 unspecified atom stereocenters. The van der Waals surface area contributed by atoms with E-state index in [0.717, 1.165) is 89.1 Å². The molecular weight excluding hydrogens is 790 g/mol. The Kier molecular flexibility index (Phi) is 10.5. The molecule has 14 nitrogen and oxygen atoms in total. The van der Waals surface area contributed by atoms with Gasteiger partial charge in [0.05, 0.1) is 23.3 Å². The van der Waals surface area contributed by atoms with E-state index in [1.165, 1.54) is 4.88 Å². The molecule has 16 heteroatoms. The number of benzene rings is 2. The fourth-order valence-electron chi connectivity index (χ4n) is 9.29. The number of nitrogens with zero attached hydrogens (tertiary/aromatic N) is 7. The predicted octanol–water partition coefficient (Wildman–Crippen LogP) is 5.41. The number of hydrogen-bond donors (Lipinski definition) is 2. The summed E-state index contributed by atoms with van der Waals surface area (Å²) in [5.74, 6) is -0.0702. The van der Waals surface area contributed by atoms with Gasteiger partial charge in [-0.25, -0.2) is 0 Å². The predicted molar refractivity (Wildman–Crippen MR) is 223 cm³/mol. The topological polar surface area (TPSA) is 162 Å². The Hall–Kier alpha value is -5.25. The first-order chi connectivity index (χ1) is 28.4. The number of thiophene rings is 1. The maximum Gasteiger partial charge on any atom is 0.262 e. The number of likely N-dealkylation sites (tertiary alicyclic amines) is 2. The lowest BCUT2D eigenvalue weighted by Crippen LogP contribution is -2.54. The third kappa shape index (κ3) is 7.37. The number of amides is 5. The van der Waals surface area contributed by atoms with Crippen molar-refractivity contribution in [3.8, 4) is 5.00 Å². The highest BCUT2D eigenvalue weighted by molar-refractivity contribution is 7.15. The number of halogens is 1. The van der Waals surface area contributed by atoms with Gasteiger partial charge in [-0.15, -0.1) is 21.5 Å². The van der Waals surface area contributed by atoms with Crippen LogP contribution in [0.4, 0.5) is 5.69 Å².